The number of amides is 2. The zero-order valence-corrected chi connectivity index (χ0v) is 19.9. The number of methoxy groups -OCH3 is 1. The largest absolute Gasteiger partial charge is 0.504 e. The summed E-state index contributed by atoms with van der Waals surface area (Å²) in [5, 5.41) is 13.6. The molecule has 2 amide bonds. The van der Waals surface area contributed by atoms with E-state index in [1.54, 1.807) is 19.1 Å². The van der Waals surface area contributed by atoms with E-state index in [4.69, 9.17) is 20.0 Å². The minimum Gasteiger partial charge on any atom is -0.504 e. The van der Waals surface area contributed by atoms with Crippen molar-refractivity contribution in [2.45, 2.75) is 44.6 Å². The maximum absolute atomic E-state index is 13.3. The predicted molar refractivity (Wildman–Crippen MR) is 125 cm³/mol. The highest BCUT2D eigenvalue weighted by Crippen LogP contribution is 2.27. The van der Waals surface area contributed by atoms with Crippen molar-refractivity contribution in [3.8, 4) is 11.5 Å². The summed E-state index contributed by atoms with van der Waals surface area (Å²) in [4.78, 5) is 32.7. The van der Waals surface area contributed by atoms with E-state index < -0.39 is 30.2 Å². The zero-order valence-electron chi connectivity index (χ0n) is 18.3. The minimum atomic E-state index is -1.04. The van der Waals surface area contributed by atoms with Crippen LogP contribution in [0.4, 0.5) is 4.79 Å². The topological polar surface area (TPSA) is 124 Å². The van der Waals surface area contributed by atoms with Gasteiger partial charge in [0.1, 0.15) is 11.2 Å². The second-order valence-corrected chi connectivity index (χ2v) is 8.54. The molecule has 3 N–H and O–H groups in total. The molecular formula is C23H26BrN3O6. The van der Waals surface area contributed by atoms with Crippen LogP contribution in [0, 0.1) is 0 Å². The van der Waals surface area contributed by atoms with Crippen LogP contribution >= 0.6 is 15.9 Å². The van der Waals surface area contributed by atoms with Gasteiger partial charge in [-0.25, -0.2) is 9.69 Å². The molecule has 0 saturated carbocycles. The Balaban J connectivity index is 1.76. The SMILES string of the molecule is COc1cc(C[C@H](N)C(=O)N(C(=O)OCc2ccccc2)C(C)C2CC(Br)=NO2)ccc1O. The number of benzene rings is 2. The number of aromatic hydroxyl groups is 1. The molecule has 0 aromatic heterocycles. The molecule has 0 aliphatic carbocycles. The van der Waals surface area contributed by atoms with Gasteiger partial charge in [0.2, 0.25) is 5.91 Å². The van der Waals surface area contributed by atoms with Gasteiger partial charge < -0.3 is 25.2 Å². The first-order valence-electron chi connectivity index (χ1n) is 10.3. The van der Waals surface area contributed by atoms with Crippen LogP contribution in [0.2, 0.25) is 0 Å². The molecule has 0 spiro atoms. The maximum atomic E-state index is 13.3. The third kappa shape index (κ3) is 6.23. The Hall–Kier alpha value is -3.11. The molecule has 176 valence electrons. The van der Waals surface area contributed by atoms with E-state index in [0.717, 1.165) is 10.5 Å². The lowest BCUT2D eigenvalue weighted by molar-refractivity contribution is -0.135. The fraction of sp³-hybridized carbons (Fsp3) is 0.348. The summed E-state index contributed by atoms with van der Waals surface area (Å²) < 4.78 is 11.1. The van der Waals surface area contributed by atoms with Crippen molar-refractivity contribution in [2.24, 2.45) is 10.9 Å². The van der Waals surface area contributed by atoms with Crippen LogP contribution in [0.25, 0.3) is 0 Å². The van der Waals surface area contributed by atoms with E-state index in [-0.39, 0.29) is 24.5 Å². The van der Waals surface area contributed by atoms with Crippen LogP contribution in [0.15, 0.2) is 53.7 Å². The van der Waals surface area contributed by atoms with Crippen LogP contribution in [0.3, 0.4) is 0 Å². The highest BCUT2D eigenvalue weighted by Gasteiger charge is 2.39. The number of imide groups is 1. The summed E-state index contributed by atoms with van der Waals surface area (Å²) in [5.41, 5.74) is 7.66. The fourth-order valence-electron chi connectivity index (χ4n) is 3.41. The second kappa shape index (κ2) is 11.2. The molecule has 0 saturated heterocycles. The number of oxime groups is 1. The van der Waals surface area contributed by atoms with Crippen LogP contribution in [0.5, 0.6) is 11.5 Å². The van der Waals surface area contributed by atoms with Gasteiger partial charge in [-0.15, -0.1) is 0 Å². The molecule has 9 nitrogen and oxygen atoms in total. The van der Waals surface area contributed by atoms with Gasteiger partial charge in [0, 0.05) is 6.42 Å². The molecule has 0 radical (unpaired) electrons. The molecule has 3 atom stereocenters. The van der Waals surface area contributed by atoms with Gasteiger partial charge in [0.05, 0.1) is 19.2 Å². The van der Waals surface area contributed by atoms with Crippen molar-refractivity contribution >= 4 is 32.6 Å². The Morgan fingerprint density at radius 2 is 2.00 bits per heavy atom. The Morgan fingerprint density at radius 1 is 1.27 bits per heavy atom. The van der Waals surface area contributed by atoms with E-state index in [9.17, 15) is 14.7 Å². The average molecular weight is 520 g/mol. The number of hydrogen-bond acceptors (Lipinski definition) is 8. The number of nitrogens with two attached hydrogens (primary N) is 1. The molecule has 2 aromatic rings. The molecule has 2 aromatic carbocycles. The normalized spacial score (nSPS) is 16.8. The van der Waals surface area contributed by atoms with E-state index in [1.807, 2.05) is 30.3 Å². The van der Waals surface area contributed by atoms with Gasteiger partial charge in [0.15, 0.2) is 17.6 Å². The number of phenolic OH excluding ortho intramolecular Hbond substituents is 1. The molecule has 2 unspecified atom stereocenters. The van der Waals surface area contributed by atoms with Crippen LogP contribution in [-0.4, -0.2) is 51.9 Å². The quantitative estimate of drug-likeness (QED) is 0.547. The van der Waals surface area contributed by atoms with Crippen molar-refractivity contribution < 1.29 is 29.0 Å². The summed E-state index contributed by atoms with van der Waals surface area (Å²) in [5.74, 6) is -0.370. The Bertz CT molecular complexity index is 1020. The standard InChI is InChI=1S/C23H26BrN3O6/c1-14(19-12-21(24)26-33-19)27(23(30)32-13-15-6-4-3-5-7-15)22(29)17(25)10-16-8-9-18(28)20(11-16)31-2/h3-9,11,14,17,19,28H,10,12-13,25H2,1-2H3/t14?,17-,19?/m0/s1. The van der Waals surface area contributed by atoms with Gasteiger partial charge in [-0.3, -0.25) is 4.79 Å². The first kappa shape index (κ1) is 24.5. The van der Waals surface area contributed by atoms with Crippen molar-refractivity contribution in [3.63, 3.8) is 0 Å². The molecule has 0 fully saturated rings. The van der Waals surface area contributed by atoms with Crippen LogP contribution < -0.4 is 10.5 Å². The average Bonchev–Trinajstić information content (AvgIpc) is 3.25. The number of halogens is 1. The van der Waals surface area contributed by atoms with Gasteiger partial charge in [-0.05, 0) is 52.5 Å². The number of hydrogen-bond donors (Lipinski definition) is 2. The molecule has 0 bridgehead atoms. The van der Waals surface area contributed by atoms with Gasteiger partial charge >= 0.3 is 6.09 Å². The Labute approximate surface area is 200 Å². The Kier molecular flexibility index (Phi) is 8.29. The lowest BCUT2D eigenvalue weighted by Crippen LogP contribution is -2.54. The fourth-order valence-corrected chi connectivity index (χ4v) is 3.81. The summed E-state index contributed by atoms with van der Waals surface area (Å²) in [6.45, 7) is 1.69. The minimum absolute atomic E-state index is 0.00624. The molecule has 1 aliphatic heterocycles. The van der Waals surface area contributed by atoms with Gasteiger partial charge in [-0.1, -0.05) is 41.6 Å². The third-order valence-electron chi connectivity index (χ3n) is 5.26. The van der Waals surface area contributed by atoms with Gasteiger partial charge in [0.25, 0.3) is 0 Å². The van der Waals surface area contributed by atoms with Gasteiger partial charge in [-0.2, -0.15) is 0 Å². The number of ether oxygens (including phenoxy) is 2. The summed E-state index contributed by atoms with van der Waals surface area (Å²) in [6, 6.07) is 12.1. The number of phenols is 1. The van der Waals surface area contributed by atoms with Crippen molar-refractivity contribution in [3.05, 3.63) is 59.7 Å². The van der Waals surface area contributed by atoms with E-state index in [0.29, 0.717) is 16.6 Å². The summed E-state index contributed by atoms with van der Waals surface area (Å²) in [7, 11) is 1.43. The first-order chi connectivity index (χ1) is 15.8. The second-order valence-electron chi connectivity index (χ2n) is 7.62. The molecule has 1 heterocycles. The summed E-state index contributed by atoms with van der Waals surface area (Å²) in [6.07, 6.45) is -0.826. The lowest BCUT2D eigenvalue weighted by atomic mass is 10.0. The Morgan fingerprint density at radius 3 is 2.64 bits per heavy atom. The third-order valence-corrected chi connectivity index (χ3v) is 5.73. The van der Waals surface area contributed by atoms with E-state index in [1.165, 1.54) is 13.2 Å². The molecule has 10 heteroatoms. The van der Waals surface area contributed by atoms with Crippen LogP contribution in [0.1, 0.15) is 24.5 Å². The molecule has 1 aliphatic rings. The number of carbonyl (C=O) groups is 2. The smallest absolute Gasteiger partial charge is 0.417 e. The predicted octanol–water partition coefficient (Wildman–Crippen LogP) is 3.32. The van der Waals surface area contributed by atoms with E-state index >= 15 is 0 Å². The maximum Gasteiger partial charge on any atom is 0.417 e. The van der Waals surface area contributed by atoms with Crippen molar-refractivity contribution in [1.29, 1.82) is 0 Å². The van der Waals surface area contributed by atoms with Crippen molar-refractivity contribution in [1.82, 2.24) is 4.90 Å². The number of nitrogens with zero attached hydrogens (tertiary/aromatic N) is 2. The number of rotatable bonds is 8. The molecule has 33 heavy (non-hydrogen) atoms. The lowest BCUT2D eigenvalue weighted by Gasteiger charge is -2.31. The highest BCUT2D eigenvalue weighted by atomic mass is 79.9. The van der Waals surface area contributed by atoms with Crippen LogP contribution in [-0.2, 0) is 27.4 Å². The molecule has 3 rings (SSSR count). The summed E-state index contributed by atoms with van der Waals surface area (Å²) >= 11 is 3.27. The monoisotopic (exact) mass is 519 g/mol. The highest BCUT2D eigenvalue weighted by molar-refractivity contribution is 9.18. The van der Waals surface area contributed by atoms with E-state index in [2.05, 4.69) is 21.1 Å². The number of carbonyl (C=O) groups excluding carboxylic acids is 2. The molecular weight excluding hydrogens is 494 g/mol. The zero-order chi connectivity index (χ0) is 24.0. The first-order valence-corrected chi connectivity index (χ1v) is 11.1. The van der Waals surface area contributed by atoms with Crippen molar-refractivity contribution in [2.75, 3.05) is 7.11 Å².